The van der Waals surface area contributed by atoms with Gasteiger partial charge in [0.15, 0.2) is 0 Å². The lowest BCUT2D eigenvalue weighted by molar-refractivity contribution is -0.133. The zero-order valence-corrected chi connectivity index (χ0v) is 11.2. The Labute approximate surface area is 120 Å². The SMILES string of the molecule is COc1cccc(NC(=O)C(=O)Nc2ccccc2F)c1. The van der Waals surface area contributed by atoms with Gasteiger partial charge in [0.1, 0.15) is 11.6 Å². The Morgan fingerprint density at radius 2 is 1.71 bits per heavy atom. The molecular weight excluding hydrogens is 275 g/mol. The number of anilines is 2. The Hall–Kier alpha value is -2.89. The van der Waals surface area contributed by atoms with Crippen LogP contribution in [0.25, 0.3) is 0 Å². The summed E-state index contributed by atoms with van der Waals surface area (Å²) < 4.78 is 18.4. The average Bonchev–Trinajstić information content (AvgIpc) is 2.49. The van der Waals surface area contributed by atoms with Crippen LogP contribution in [0.15, 0.2) is 48.5 Å². The molecule has 0 saturated heterocycles. The number of rotatable bonds is 3. The summed E-state index contributed by atoms with van der Waals surface area (Å²) in [5.41, 5.74) is 0.353. The van der Waals surface area contributed by atoms with E-state index >= 15 is 0 Å². The molecule has 0 unspecified atom stereocenters. The Balaban J connectivity index is 2.03. The van der Waals surface area contributed by atoms with Gasteiger partial charge in [0.25, 0.3) is 0 Å². The maximum absolute atomic E-state index is 13.4. The van der Waals surface area contributed by atoms with Gasteiger partial charge < -0.3 is 15.4 Å². The van der Waals surface area contributed by atoms with Crippen LogP contribution >= 0.6 is 0 Å². The number of carbonyl (C=O) groups excluding carboxylic acids is 2. The number of hydrogen-bond donors (Lipinski definition) is 2. The molecule has 5 nitrogen and oxygen atoms in total. The molecule has 6 heteroatoms. The lowest BCUT2D eigenvalue weighted by Crippen LogP contribution is -2.29. The molecule has 0 atom stereocenters. The summed E-state index contributed by atoms with van der Waals surface area (Å²) in [7, 11) is 1.49. The van der Waals surface area contributed by atoms with Crippen LogP contribution in [-0.2, 0) is 9.59 Å². The molecular formula is C15H13FN2O3. The van der Waals surface area contributed by atoms with Crippen LogP contribution < -0.4 is 15.4 Å². The number of carbonyl (C=O) groups is 2. The van der Waals surface area contributed by atoms with Crippen molar-refractivity contribution in [3.63, 3.8) is 0 Å². The second kappa shape index (κ2) is 6.51. The topological polar surface area (TPSA) is 67.4 Å². The van der Waals surface area contributed by atoms with E-state index in [0.29, 0.717) is 11.4 Å². The predicted octanol–water partition coefficient (Wildman–Crippen LogP) is 2.41. The van der Waals surface area contributed by atoms with Crippen molar-refractivity contribution in [1.29, 1.82) is 0 Å². The lowest BCUT2D eigenvalue weighted by atomic mass is 10.3. The third-order valence-electron chi connectivity index (χ3n) is 2.66. The van der Waals surface area contributed by atoms with Crippen LogP contribution in [0.5, 0.6) is 5.75 Å². The number of halogens is 1. The van der Waals surface area contributed by atoms with Gasteiger partial charge in [-0.1, -0.05) is 18.2 Å². The van der Waals surface area contributed by atoms with E-state index in [1.54, 1.807) is 30.3 Å². The van der Waals surface area contributed by atoms with Crippen molar-refractivity contribution < 1.29 is 18.7 Å². The second-order valence-corrected chi connectivity index (χ2v) is 4.12. The van der Waals surface area contributed by atoms with E-state index in [9.17, 15) is 14.0 Å². The van der Waals surface area contributed by atoms with Crippen LogP contribution in [-0.4, -0.2) is 18.9 Å². The molecule has 0 fully saturated rings. The Kier molecular flexibility index (Phi) is 4.50. The largest absolute Gasteiger partial charge is 0.497 e. The third kappa shape index (κ3) is 3.79. The quantitative estimate of drug-likeness (QED) is 0.852. The van der Waals surface area contributed by atoms with Crippen molar-refractivity contribution in [2.75, 3.05) is 17.7 Å². The highest BCUT2D eigenvalue weighted by Gasteiger charge is 2.15. The van der Waals surface area contributed by atoms with Crippen LogP contribution in [0.4, 0.5) is 15.8 Å². The molecule has 0 aliphatic heterocycles. The van der Waals surface area contributed by atoms with Gasteiger partial charge >= 0.3 is 11.8 Å². The maximum atomic E-state index is 13.4. The number of methoxy groups -OCH3 is 1. The van der Waals surface area contributed by atoms with Crippen molar-refractivity contribution in [3.05, 3.63) is 54.3 Å². The molecule has 2 aromatic rings. The zero-order chi connectivity index (χ0) is 15.2. The molecule has 2 N–H and O–H groups in total. The minimum absolute atomic E-state index is 0.0525. The molecule has 21 heavy (non-hydrogen) atoms. The van der Waals surface area contributed by atoms with Gasteiger partial charge in [0, 0.05) is 11.8 Å². The number of nitrogens with one attached hydrogen (secondary N) is 2. The third-order valence-corrected chi connectivity index (χ3v) is 2.66. The molecule has 2 aromatic carbocycles. The standard InChI is InChI=1S/C15H13FN2O3/c1-21-11-6-4-5-10(9-11)17-14(19)15(20)18-13-8-3-2-7-12(13)16/h2-9H,1H3,(H,17,19)(H,18,20). The average molecular weight is 288 g/mol. The summed E-state index contributed by atoms with van der Waals surface area (Å²) >= 11 is 0. The predicted molar refractivity (Wildman–Crippen MR) is 76.7 cm³/mol. The fourth-order valence-electron chi connectivity index (χ4n) is 1.63. The van der Waals surface area contributed by atoms with Crippen LogP contribution in [0, 0.1) is 5.82 Å². The number of benzene rings is 2. The summed E-state index contributed by atoms with van der Waals surface area (Å²) in [5, 5.41) is 4.60. The molecule has 0 aromatic heterocycles. The number of para-hydroxylation sites is 1. The van der Waals surface area contributed by atoms with Crippen molar-refractivity contribution in [3.8, 4) is 5.75 Å². The summed E-state index contributed by atoms with van der Waals surface area (Å²) in [5.74, 6) is -1.92. The summed E-state index contributed by atoms with van der Waals surface area (Å²) in [6.45, 7) is 0. The second-order valence-electron chi connectivity index (χ2n) is 4.12. The van der Waals surface area contributed by atoms with Crippen LogP contribution in [0.2, 0.25) is 0 Å². The van der Waals surface area contributed by atoms with Crippen molar-refractivity contribution in [2.45, 2.75) is 0 Å². The van der Waals surface area contributed by atoms with Gasteiger partial charge in [0.05, 0.1) is 12.8 Å². The van der Waals surface area contributed by atoms with Gasteiger partial charge in [0.2, 0.25) is 0 Å². The van der Waals surface area contributed by atoms with Gasteiger partial charge in [-0.15, -0.1) is 0 Å². The van der Waals surface area contributed by atoms with E-state index in [1.165, 1.54) is 25.3 Å². The normalized spacial score (nSPS) is 9.81. The highest BCUT2D eigenvalue weighted by molar-refractivity contribution is 6.43. The molecule has 0 spiro atoms. The summed E-state index contributed by atoms with van der Waals surface area (Å²) in [4.78, 5) is 23.4. The number of ether oxygens (including phenoxy) is 1. The fourth-order valence-corrected chi connectivity index (χ4v) is 1.63. The molecule has 0 saturated carbocycles. The van der Waals surface area contributed by atoms with E-state index in [1.807, 2.05) is 0 Å². The van der Waals surface area contributed by atoms with E-state index in [4.69, 9.17) is 4.74 Å². The smallest absolute Gasteiger partial charge is 0.314 e. The van der Waals surface area contributed by atoms with Crippen molar-refractivity contribution in [2.24, 2.45) is 0 Å². The number of amides is 2. The molecule has 108 valence electrons. The highest BCUT2D eigenvalue weighted by atomic mass is 19.1. The Morgan fingerprint density at radius 3 is 2.43 bits per heavy atom. The van der Waals surface area contributed by atoms with E-state index < -0.39 is 17.6 Å². The zero-order valence-electron chi connectivity index (χ0n) is 11.2. The molecule has 0 aliphatic carbocycles. The first kappa shape index (κ1) is 14.5. The Bertz CT molecular complexity index is 673. The molecule has 2 rings (SSSR count). The van der Waals surface area contributed by atoms with Gasteiger partial charge in [-0.3, -0.25) is 9.59 Å². The Morgan fingerprint density at radius 1 is 1.00 bits per heavy atom. The lowest BCUT2D eigenvalue weighted by Gasteiger charge is -2.08. The molecule has 0 aliphatic rings. The maximum Gasteiger partial charge on any atom is 0.314 e. The first-order chi connectivity index (χ1) is 10.1. The van der Waals surface area contributed by atoms with Gasteiger partial charge in [-0.05, 0) is 24.3 Å². The highest BCUT2D eigenvalue weighted by Crippen LogP contribution is 2.17. The van der Waals surface area contributed by atoms with Crippen LogP contribution in [0.1, 0.15) is 0 Å². The first-order valence-electron chi connectivity index (χ1n) is 6.11. The minimum Gasteiger partial charge on any atom is -0.497 e. The monoisotopic (exact) mass is 288 g/mol. The fraction of sp³-hybridized carbons (Fsp3) is 0.0667. The van der Waals surface area contributed by atoms with Gasteiger partial charge in [-0.25, -0.2) is 4.39 Å². The van der Waals surface area contributed by atoms with E-state index in [-0.39, 0.29) is 5.69 Å². The number of hydrogen-bond acceptors (Lipinski definition) is 3. The van der Waals surface area contributed by atoms with E-state index in [2.05, 4.69) is 10.6 Å². The molecule has 0 heterocycles. The first-order valence-corrected chi connectivity index (χ1v) is 6.11. The van der Waals surface area contributed by atoms with Crippen LogP contribution in [0.3, 0.4) is 0 Å². The minimum atomic E-state index is -0.956. The summed E-state index contributed by atoms with van der Waals surface area (Å²) in [6.07, 6.45) is 0. The molecule has 2 amide bonds. The van der Waals surface area contributed by atoms with Crippen molar-refractivity contribution in [1.82, 2.24) is 0 Å². The summed E-state index contributed by atoms with van der Waals surface area (Å²) in [6, 6.07) is 12.1. The van der Waals surface area contributed by atoms with Crippen molar-refractivity contribution >= 4 is 23.2 Å². The molecule has 0 bridgehead atoms. The van der Waals surface area contributed by atoms with E-state index in [0.717, 1.165) is 0 Å². The van der Waals surface area contributed by atoms with Gasteiger partial charge in [-0.2, -0.15) is 0 Å². The molecule has 0 radical (unpaired) electrons.